The SMILES string of the molecule is CC1Oc2ccccc2C=C1C=C1SC(=S)N(c2ccc(O)cc2)C1=O. The number of phenolic OH excluding ortho intramolecular Hbond substituents is 1. The Bertz CT molecular complexity index is 963. The van der Waals surface area contributed by atoms with E-state index in [-0.39, 0.29) is 17.8 Å². The number of benzene rings is 2. The van der Waals surface area contributed by atoms with E-state index in [0.717, 1.165) is 16.9 Å². The number of ether oxygens (including phenoxy) is 1. The van der Waals surface area contributed by atoms with Crippen molar-refractivity contribution in [1.29, 1.82) is 0 Å². The Balaban J connectivity index is 1.66. The molecule has 1 saturated heterocycles. The third-order valence-corrected chi connectivity index (χ3v) is 5.52. The molecule has 6 heteroatoms. The van der Waals surface area contributed by atoms with Crippen molar-refractivity contribution in [3.63, 3.8) is 0 Å². The number of aromatic hydroxyl groups is 1. The molecule has 1 atom stereocenters. The van der Waals surface area contributed by atoms with Crippen molar-refractivity contribution in [2.75, 3.05) is 4.90 Å². The number of amides is 1. The number of nitrogens with zero attached hydrogens (tertiary/aromatic N) is 1. The third-order valence-electron chi connectivity index (χ3n) is 4.21. The number of carbonyl (C=O) groups excluding carboxylic acids is 1. The first-order chi connectivity index (χ1) is 12.5. The largest absolute Gasteiger partial charge is 0.508 e. The van der Waals surface area contributed by atoms with Gasteiger partial charge in [0.1, 0.15) is 17.6 Å². The van der Waals surface area contributed by atoms with Crippen molar-refractivity contribution in [2.24, 2.45) is 0 Å². The maximum Gasteiger partial charge on any atom is 0.270 e. The average Bonchev–Trinajstić information content (AvgIpc) is 2.90. The maximum absolute atomic E-state index is 12.8. The van der Waals surface area contributed by atoms with E-state index in [0.29, 0.717) is 14.9 Å². The highest BCUT2D eigenvalue weighted by Gasteiger charge is 2.34. The molecule has 1 unspecified atom stereocenters. The van der Waals surface area contributed by atoms with E-state index in [9.17, 15) is 9.90 Å². The van der Waals surface area contributed by atoms with Gasteiger partial charge in [0.05, 0.1) is 10.6 Å². The van der Waals surface area contributed by atoms with E-state index >= 15 is 0 Å². The summed E-state index contributed by atoms with van der Waals surface area (Å²) in [5, 5.41) is 9.43. The lowest BCUT2D eigenvalue weighted by Crippen LogP contribution is -2.27. The number of thiocarbonyl (C=S) groups is 1. The van der Waals surface area contributed by atoms with Gasteiger partial charge < -0.3 is 9.84 Å². The quantitative estimate of drug-likeness (QED) is 0.613. The molecule has 4 rings (SSSR count). The lowest BCUT2D eigenvalue weighted by Gasteiger charge is -2.23. The van der Waals surface area contributed by atoms with Crippen molar-refractivity contribution >= 4 is 46.0 Å². The Morgan fingerprint density at radius 3 is 2.69 bits per heavy atom. The molecule has 4 nitrogen and oxygen atoms in total. The van der Waals surface area contributed by atoms with Crippen LogP contribution < -0.4 is 9.64 Å². The van der Waals surface area contributed by atoms with Gasteiger partial charge in [0, 0.05) is 5.56 Å². The molecule has 2 aliphatic heterocycles. The molecule has 0 spiro atoms. The number of hydrogen-bond acceptors (Lipinski definition) is 5. The summed E-state index contributed by atoms with van der Waals surface area (Å²) in [4.78, 5) is 14.9. The molecule has 0 bridgehead atoms. The van der Waals surface area contributed by atoms with Gasteiger partial charge in [-0.3, -0.25) is 9.69 Å². The van der Waals surface area contributed by atoms with Gasteiger partial charge >= 0.3 is 0 Å². The van der Waals surface area contributed by atoms with Gasteiger partial charge in [-0.2, -0.15) is 0 Å². The predicted octanol–water partition coefficient (Wildman–Crippen LogP) is 4.51. The summed E-state index contributed by atoms with van der Waals surface area (Å²) >= 11 is 6.65. The molecule has 1 fully saturated rings. The summed E-state index contributed by atoms with van der Waals surface area (Å²) in [7, 11) is 0. The molecule has 0 radical (unpaired) electrons. The zero-order valence-corrected chi connectivity index (χ0v) is 15.5. The van der Waals surface area contributed by atoms with Crippen LogP contribution in [0.4, 0.5) is 5.69 Å². The van der Waals surface area contributed by atoms with Gasteiger partial charge in [-0.15, -0.1) is 0 Å². The second kappa shape index (κ2) is 6.63. The number of carbonyl (C=O) groups is 1. The Labute approximate surface area is 160 Å². The van der Waals surface area contributed by atoms with Crippen LogP contribution in [0.5, 0.6) is 11.5 Å². The Morgan fingerprint density at radius 2 is 1.92 bits per heavy atom. The first-order valence-electron chi connectivity index (χ1n) is 8.07. The first-order valence-corrected chi connectivity index (χ1v) is 9.29. The van der Waals surface area contributed by atoms with Crippen LogP contribution in [0.1, 0.15) is 12.5 Å². The normalized spacial score (nSPS) is 20.8. The average molecular weight is 381 g/mol. The number of fused-ring (bicyclic) bond motifs is 1. The zero-order valence-electron chi connectivity index (χ0n) is 13.9. The number of para-hydroxylation sites is 1. The van der Waals surface area contributed by atoms with Crippen molar-refractivity contribution in [3.05, 3.63) is 70.6 Å². The molecule has 0 saturated carbocycles. The number of hydrogen-bond donors (Lipinski definition) is 1. The summed E-state index contributed by atoms with van der Waals surface area (Å²) < 4.78 is 6.40. The van der Waals surface area contributed by atoms with E-state index < -0.39 is 0 Å². The maximum atomic E-state index is 12.8. The number of thioether (sulfide) groups is 1. The molecule has 0 aliphatic carbocycles. The van der Waals surface area contributed by atoms with Crippen LogP contribution in [0.15, 0.2) is 65.1 Å². The van der Waals surface area contributed by atoms with Crippen molar-refractivity contribution in [3.8, 4) is 11.5 Å². The van der Waals surface area contributed by atoms with Crippen LogP contribution in [-0.2, 0) is 4.79 Å². The monoisotopic (exact) mass is 381 g/mol. The summed E-state index contributed by atoms with van der Waals surface area (Å²) in [5.74, 6) is 0.818. The van der Waals surface area contributed by atoms with Gasteiger partial charge in [0.15, 0.2) is 4.32 Å². The van der Waals surface area contributed by atoms with Crippen LogP contribution in [0, 0.1) is 0 Å². The number of anilines is 1. The third kappa shape index (κ3) is 3.02. The summed E-state index contributed by atoms with van der Waals surface area (Å²) in [6.07, 6.45) is 3.73. The minimum Gasteiger partial charge on any atom is -0.508 e. The van der Waals surface area contributed by atoms with E-state index in [1.807, 2.05) is 43.3 Å². The molecule has 130 valence electrons. The summed E-state index contributed by atoms with van der Waals surface area (Å²) in [6.45, 7) is 1.96. The molecule has 1 N–H and O–H groups in total. The zero-order chi connectivity index (χ0) is 18.3. The smallest absolute Gasteiger partial charge is 0.270 e. The highest BCUT2D eigenvalue weighted by atomic mass is 32.2. The van der Waals surface area contributed by atoms with E-state index in [1.54, 1.807) is 12.1 Å². The van der Waals surface area contributed by atoms with Crippen LogP contribution in [-0.4, -0.2) is 21.4 Å². The minimum absolute atomic E-state index is 0.145. The molecule has 0 aromatic heterocycles. The molecular formula is C20H15NO3S2. The van der Waals surface area contributed by atoms with Crippen molar-refractivity contribution < 1.29 is 14.6 Å². The molecule has 2 aliphatic rings. The van der Waals surface area contributed by atoms with E-state index in [4.69, 9.17) is 17.0 Å². The Kier molecular flexibility index (Phi) is 4.30. The number of phenols is 1. The summed E-state index contributed by atoms with van der Waals surface area (Å²) in [6, 6.07) is 14.2. The Hall–Kier alpha value is -2.57. The van der Waals surface area contributed by atoms with Gasteiger partial charge in [-0.25, -0.2) is 0 Å². The molecular weight excluding hydrogens is 366 g/mol. The van der Waals surface area contributed by atoms with Crippen LogP contribution in [0.3, 0.4) is 0 Å². The Morgan fingerprint density at radius 1 is 1.19 bits per heavy atom. The number of rotatable bonds is 2. The fourth-order valence-electron chi connectivity index (χ4n) is 2.86. The highest BCUT2D eigenvalue weighted by Crippen LogP contribution is 2.38. The minimum atomic E-state index is -0.169. The fourth-order valence-corrected chi connectivity index (χ4v) is 4.16. The van der Waals surface area contributed by atoms with Crippen molar-refractivity contribution in [2.45, 2.75) is 13.0 Å². The lowest BCUT2D eigenvalue weighted by atomic mass is 10.0. The molecule has 26 heavy (non-hydrogen) atoms. The van der Waals surface area contributed by atoms with Gasteiger partial charge in [-0.1, -0.05) is 42.2 Å². The van der Waals surface area contributed by atoms with Crippen molar-refractivity contribution in [1.82, 2.24) is 0 Å². The van der Waals surface area contributed by atoms with Gasteiger partial charge in [0.2, 0.25) is 0 Å². The highest BCUT2D eigenvalue weighted by molar-refractivity contribution is 8.27. The first kappa shape index (κ1) is 16.9. The van der Waals surface area contributed by atoms with Crippen LogP contribution >= 0.6 is 24.0 Å². The van der Waals surface area contributed by atoms with Gasteiger partial charge in [0.25, 0.3) is 5.91 Å². The molecule has 2 heterocycles. The second-order valence-electron chi connectivity index (χ2n) is 5.98. The predicted molar refractivity (Wildman–Crippen MR) is 108 cm³/mol. The van der Waals surface area contributed by atoms with Gasteiger partial charge in [-0.05, 0) is 55.0 Å². The topological polar surface area (TPSA) is 49.8 Å². The second-order valence-corrected chi connectivity index (χ2v) is 7.65. The summed E-state index contributed by atoms with van der Waals surface area (Å²) in [5.41, 5.74) is 2.56. The van der Waals surface area contributed by atoms with E-state index in [2.05, 4.69) is 0 Å². The fraction of sp³-hybridized carbons (Fsp3) is 0.100. The molecule has 2 aromatic rings. The lowest BCUT2D eigenvalue weighted by molar-refractivity contribution is -0.113. The molecule has 2 aromatic carbocycles. The standard InChI is InChI=1S/C20H15NO3S2/c1-12-14(10-13-4-2-3-5-17(13)24-12)11-18-19(23)21(20(25)26-18)15-6-8-16(22)9-7-15/h2-12,22H,1H3. The van der Waals surface area contributed by atoms with Crippen LogP contribution in [0.2, 0.25) is 0 Å². The van der Waals surface area contributed by atoms with Crippen LogP contribution in [0.25, 0.3) is 6.08 Å². The molecule has 1 amide bonds. The van der Waals surface area contributed by atoms with E-state index in [1.165, 1.54) is 28.8 Å².